The van der Waals surface area contributed by atoms with Crippen molar-refractivity contribution in [2.75, 3.05) is 6.54 Å². The molecule has 0 heterocycles. The lowest BCUT2D eigenvalue weighted by molar-refractivity contribution is -0.153. The molecule has 0 amide bonds. The Morgan fingerprint density at radius 1 is 1.11 bits per heavy atom. The van der Waals surface area contributed by atoms with E-state index in [0.717, 1.165) is 18.4 Å². The predicted octanol–water partition coefficient (Wildman–Crippen LogP) is 4.38. The number of hydrogen-bond acceptors (Lipinski definition) is 2. The molecular formula is C17H35NO. The first kappa shape index (κ1) is 17.0. The highest BCUT2D eigenvalue weighted by Crippen LogP contribution is 2.39. The van der Waals surface area contributed by atoms with Crippen molar-refractivity contribution in [2.24, 2.45) is 11.8 Å². The van der Waals surface area contributed by atoms with Crippen molar-refractivity contribution in [2.45, 2.75) is 91.4 Å². The molecule has 0 unspecified atom stereocenters. The fourth-order valence-electron chi connectivity index (χ4n) is 3.19. The zero-order valence-electron chi connectivity index (χ0n) is 14.2. The van der Waals surface area contributed by atoms with Crippen molar-refractivity contribution in [3.05, 3.63) is 0 Å². The van der Waals surface area contributed by atoms with E-state index in [-0.39, 0.29) is 11.2 Å². The van der Waals surface area contributed by atoms with Crippen LogP contribution in [-0.4, -0.2) is 23.8 Å². The predicted molar refractivity (Wildman–Crippen MR) is 83.5 cm³/mol. The minimum atomic E-state index is -0.0523. The second-order valence-corrected chi connectivity index (χ2v) is 8.01. The Hall–Kier alpha value is -0.0800. The summed E-state index contributed by atoms with van der Waals surface area (Å²) >= 11 is 0. The van der Waals surface area contributed by atoms with Gasteiger partial charge in [0.15, 0.2) is 0 Å². The van der Waals surface area contributed by atoms with Gasteiger partial charge < -0.3 is 10.1 Å². The van der Waals surface area contributed by atoms with Gasteiger partial charge in [0.25, 0.3) is 0 Å². The van der Waals surface area contributed by atoms with Crippen LogP contribution in [0.25, 0.3) is 0 Å². The molecule has 1 aliphatic rings. The summed E-state index contributed by atoms with van der Waals surface area (Å²) in [6.45, 7) is 16.7. The topological polar surface area (TPSA) is 21.3 Å². The smallest absolute Gasteiger partial charge is 0.0813 e. The van der Waals surface area contributed by atoms with E-state index in [4.69, 9.17) is 4.74 Å². The molecule has 2 heteroatoms. The fraction of sp³-hybridized carbons (Fsp3) is 1.00. The summed E-state index contributed by atoms with van der Waals surface area (Å²) in [5, 5.41) is 3.60. The zero-order chi connectivity index (χ0) is 14.7. The molecule has 1 rings (SSSR count). The molecule has 0 aromatic rings. The second kappa shape index (κ2) is 6.58. The minimum absolute atomic E-state index is 0.0495. The maximum absolute atomic E-state index is 6.48. The highest BCUT2D eigenvalue weighted by molar-refractivity contribution is 4.92. The Bertz CT molecular complexity index is 257. The van der Waals surface area contributed by atoms with Crippen molar-refractivity contribution in [1.82, 2.24) is 5.32 Å². The van der Waals surface area contributed by atoms with Crippen LogP contribution in [0.4, 0.5) is 0 Å². The van der Waals surface area contributed by atoms with Crippen LogP contribution in [0.1, 0.15) is 74.1 Å². The maximum Gasteiger partial charge on any atom is 0.0813 e. The third-order valence-electron chi connectivity index (χ3n) is 4.24. The van der Waals surface area contributed by atoms with Crippen molar-refractivity contribution >= 4 is 0 Å². The van der Waals surface area contributed by atoms with Crippen molar-refractivity contribution in [3.63, 3.8) is 0 Å². The average Bonchev–Trinajstić information content (AvgIpc) is 2.25. The summed E-state index contributed by atoms with van der Waals surface area (Å²) in [7, 11) is 0. The normalized spacial score (nSPS) is 29.2. The maximum atomic E-state index is 6.48. The van der Waals surface area contributed by atoms with E-state index in [1.807, 2.05) is 0 Å². The summed E-state index contributed by atoms with van der Waals surface area (Å²) in [4.78, 5) is 0. The summed E-state index contributed by atoms with van der Waals surface area (Å²) in [5.74, 6) is 1.70. The van der Waals surface area contributed by atoms with Gasteiger partial charge in [-0.25, -0.2) is 0 Å². The molecule has 0 aliphatic heterocycles. The van der Waals surface area contributed by atoms with Crippen LogP contribution in [0, 0.1) is 11.8 Å². The van der Waals surface area contributed by atoms with E-state index in [1.54, 1.807) is 0 Å². The van der Waals surface area contributed by atoms with Crippen LogP contribution in [0.3, 0.4) is 0 Å². The summed E-state index contributed by atoms with van der Waals surface area (Å²) in [5.41, 5.74) is -0.00274. The van der Waals surface area contributed by atoms with Crippen LogP contribution in [-0.2, 0) is 4.74 Å². The van der Waals surface area contributed by atoms with Gasteiger partial charge in [0, 0.05) is 12.6 Å². The SMILES string of the molecule is CC(C)NCC1(OC(C)(C)C)CCC(C(C)C)CC1. The molecule has 0 radical (unpaired) electrons. The van der Waals surface area contributed by atoms with Gasteiger partial charge >= 0.3 is 0 Å². The first-order valence-electron chi connectivity index (χ1n) is 8.07. The summed E-state index contributed by atoms with van der Waals surface area (Å²) < 4.78 is 6.48. The zero-order valence-corrected chi connectivity index (χ0v) is 14.2. The van der Waals surface area contributed by atoms with Gasteiger partial charge in [0.1, 0.15) is 0 Å². The number of ether oxygens (including phenoxy) is 1. The standard InChI is InChI=1S/C17H35NO/c1-13(2)15-8-10-17(11-9-15,12-18-14(3)4)19-16(5,6)7/h13-15,18H,8-12H2,1-7H3. The third-order valence-corrected chi connectivity index (χ3v) is 4.24. The van der Waals surface area contributed by atoms with E-state index in [1.165, 1.54) is 25.7 Å². The summed E-state index contributed by atoms with van der Waals surface area (Å²) in [6.07, 6.45) is 5.03. The van der Waals surface area contributed by atoms with Crippen LogP contribution in [0.5, 0.6) is 0 Å². The Kier molecular flexibility index (Phi) is 5.88. The van der Waals surface area contributed by atoms with Gasteiger partial charge in [-0.2, -0.15) is 0 Å². The van der Waals surface area contributed by atoms with E-state index < -0.39 is 0 Å². The van der Waals surface area contributed by atoms with Crippen LogP contribution in [0.15, 0.2) is 0 Å². The summed E-state index contributed by atoms with van der Waals surface area (Å²) in [6, 6.07) is 0.531. The van der Waals surface area contributed by atoms with E-state index in [2.05, 4.69) is 53.8 Å². The van der Waals surface area contributed by atoms with E-state index >= 15 is 0 Å². The Morgan fingerprint density at radius 2 is 1.63 bits per heavy atom. The Morgan fingerprint density at radius 3 is 2.00 bits per heavy atom. The quantitative estimate of drug-likeness (QED) is 0.799. The number of nitrogens with one attached hydrogen (secondary N) is 1. The van der Waals surface area contributed by atoms with Gasteiger partial charge in [0.2, 0.25) is 0 Å². The fourth-order valence-corrected chi connectivity index (χ4v) is 3.19. The molecule has 0 spiro atoms. The van der Waals surface area contributed by atoms with Crippen LogP contribution in [0.2, 0.25) is 0 Å². The second-order valence-electron chi connectivity index (χ2n) is 8.01. The van der Waals surface area contributed by atoms with Gasteiger partial charge in [0.05, 0.1) is 11.2 Å². The highest BCUT2D eigenvalue weighted by Gasteiger charge is 2.39. The molecule has 0 bridgehead atoms. The molecule has 1 N–H and O–H groups in total. The lowest BCUT2D eigenvalue weighted by Gasteiger charge is -2.45. The monoisotopic (exact) mass is 269 g/mol. The molecule has 19 heavy (non-hydrogen) atoms. The molecule has 0 aromatic carbocycles. The molecule has 1 saturated carbocycles. The largest absolute Gasteiger partial charge is 0.368 e. The number of hydrogen-bond donors (Lipinski definition) is 1. The van der Waals surface area contributed by atoms with Gasteiger partial charge in [-0.3, -0.25) is 0 Å². The Labute approximate surface area is 120 Å². The molecule has 0 saturated heterocycles. The molecule has 0 aromatic heterocycles. The van der Waals surface area contributed by atoms with Crippen molar-refractivity contribution < 1.29 is 4.74 Å². The first-order valence-corrected chi connectivity index (χ1v) is 8.07. The highest BCUT2D eigenvalue weighted by atomic mass is 16.5. The van der Waals surface area contributed by atoms with Crippen molar-refractivity contribution in [1.29, 1.82) is 0 Å². The van der Waals surface area contributed by atoms with Crippen molar-refractivity contribution in [3.8, 4) is 0 Å². The van der Waals surface area contributed by atoms with E-state index in [9.17, 15) is 0 Å². The first-order chi connectivity index (χ1) is 8.64. The lowest BCUT2D eigenvalue weighted by Crippen LogP contribution is -2.51. The lowest BCUT2D eigenvalue weighted by atomic mass is 9.74. The molecule has 2 nitrogen and oxygen atoms in total. The van der Waals surface area contributed by atoms with E-state index in [0.29, 0.717) is 6.04 Å². The number of rotatable bonds is 5. The van der Waals surface area contributed by atoms with Crippen LogP contribution < -0.4 is 5.32 Å². The molecule has 0 atom stereocenters. The molecule has 1 fully saturated rings. The average molecular weight is 269 g/mol. The van der Waals surface area contributed by atoms with Gasteiger partial charge in [-0.05, 0) is 58.3 Å². The minimum Gasteiger partial charge on any atom is -0.368 e. The molecule has 1 aliphatic carbocycles. The third kappa shape index (κ3) is 5.83. The molecular weight excluding hydrogens is 234 g/mol. The van der Waals surface area contributed by atoms with Gasteiger partial charge in [-0.15, -0.1) is 0 Å². The van der Waals surface area contributed by atoms with Gasteiger partial charge in [-0.1, -0.05) is 27.7 Å². The van der Waals surface area contributed by atoms with Crippen LogP contribution >= 0.6 is 0 Å². The molecule has 114 valence electrons. The Balaban J connectivity index is 2.67.